The van der Waals surface area contributed by atoms with Crippen LogP contribution < -0.4 is 0 Å². The fourth-order valence-corrected chi connectivity index (χ4v) is 4.41. The molecule has 17 heavy (non-hydrogen) atoms. The summed E-state index contributed by atoms with van der Waals surface area (Å²) in [5.41, 5.74) is 2.52. The highest BCUT2D eigenvalue weighted by Gasteiger charge is 2.19. The normalized spacial score (nSPS) is 16.8. The van der Waals surface area contributed by atoms with E-state index < -0.39 is 6.10 Å². The van der Waals surface area contributed by atoms with E-state index in [4.69, 9.17) is 0 Å². The van der Waals surface area contributed by atoms with Crippen LogP contribution in [0.4, 0.5) is 0 Å². The average molecular weight is 264 g/mol. The third-order valence-corrected chi connectivity index (χ3v) is 5.52. The second-order valence-electron chi connectivity index (χ2n) is 4.70. The van der Waals surface area contributed by atoms with E-state index in [0.29, 0.717) is 0 Å². The Kier molecular flexibility index (Phi) is 3.07. The third kappa shape index (κ3) is 2.19. The van der Waals surface area contributed by atoms with Crippen LogP contribution in [0.25, 0.3) is 0 Å². The van der Waals surface area contributed by atoms with Crippen molar-refractivity contribution in [2.24, 2.45) is 0 Å². The van der Waals surface area contributed by atoms with E-state index in [0.717, 1.165) is 10.4 Å². The van der Waals surface area contributed by atoms with Crippen LogP contribution in [0.1, 0.15) is 44.7 Å². The second kappa shape index (κ2) is 4.56. The molecular weight excluding hydrogens is 248 g/mol. The lowest BCUT2D eigenvalue weighted by Gasteiger charge is -2.08. The quantitative estimate of drug-likeness (QED) is 0.866. The highest BCUT2D eigenvalue weighted by atomic mass is 32.1. The number of thiophene rings is 2. The molecule has 0 amide bonds. The summed E-state index contributed by atoms with van der Waals surface area (Å²) in [4.78, 5) is 3.88. The molecule has 1 aliphatic carbocycles. The summed E-state index contributed by atoms with van der Waals surface area (Å²) < 4.78 is 0. The van der Waals surface area contributed by atoms with Gasteiger partial charge in [-0.15, -0.1) is 22.7 Å². The Balaban J connectivity index is 1.91. The van der Waals surface area contributed by atoms with Gasteiger partial charge in [-0.05, 0) is 61.2 Å². The SMILES string of the molecule is Cc1cc(C(O)c2cc3c(s2)CCCC3)cs1. The molecular formula is C14H16OS2. The lowest BCUT2D eigenvalue weighted by Crippen LogP contribution is -1.97. The van der Waals surface area contributed by atoms with E-state index in [9.17, 15) is 5.11 Å². The summed E-state index contributed by atoms with van der Waals surface area (Å²) in [5, 5.41) is 12.4. The van der Waals surface area contributed by atoms with Crippen molar-refractivity contribution < 1.29 is 5.11 Å². The number of fused-ring (bicyclic) bond motifs is 1. The number of aliphatic hydroxyl groups excluding tert-OH is 1. The monoisotopic (exact) mass is 264 g/mol. The zero-order valence-electron chi connectivity index (χ0n) is 9.90. The molecule has 2 aromatic rings. The van der Waals surface area contributed by atoms with Crippen molar-refractivity contribution in [1.82, 2.24) is 0 Å². The maximum atomic E-state index is 10.4. The zero-order chi connectivity index (χ0) is 11.8. The largest absolute Gasteiger partial charge is 0.383 e. The Morgan fingerprint density at radius 2 is 2.06 bits per heavy atom. The van der Waals surface area contributed by atoms with Gasteiger partial charge in [0.15, 0.2) is 0 Å². The summed E-state index contributed by atoms with van der Waals surface area (Å²) in [6.45, 7) is 2.08. The minimum atomic E-state index is -0.421. The van der Waals surface area contributed by atoms with Crippen molar-refractivity contribution in [1.29, 1.82) is 0 Å². The first-order chi connectivity index (χ1) is 8.24. The number of hydrogen-bond donors (Lipinski definition) is 1. The molecule has 1 unspecified atom stereocenters. The van der Waals surface area contributed by atoms with Gasteiger partial charge in [0.2, 0.25) is 0 Å². The van der Waals surface area contributed by atoms with Gasteiger partial charge in [-0.1, -0.05) is 0 Å². The molecule has 0 spiro atoms. The minimum absolute atomic E-state index is 0.421. The van der Waals surface area contributed by atoms with Gasteiger partial charge in [0, 0.05) is 14.6 Å². The lowest BCUT2D eigenvalue weighted by atomic mass is 9.98. The molecule has 1 atom stereocenters. The topological polar surface area (TPSA) is 20.2 Å². The average Bonchev–Trinajstić information content (AvgIpc) is 2.93. The maximum absolute atomic E-state index is 10.4. The Bertz CT molecular complexity index is 501. The molecule has 1 nitrogen and oxygen atoms in total. The van der Waals surface area contributed by atoms with Crippen molar-refractivity contribution in [3.05, 3.63) is 43.3 Å². The molecule has 0 radical (unpaired) electrons. The van der Waals surface area contributed by atoms with Crippen LogP contribution >= 0.6 is 22.7 Å². The zero-order valence-corrected chi connectivity index (χ0v) is 11.5. The Morgan fingerprint density at radius 3 is 2.76 bits per heavy atom. The number of rotatable bonds is 2. The fourth-order valence-electron chi connectivity index (χ4n) is 2.42. The summed E-state index contributed by atoms with van der Waals surface area (Å²) >= 11 is 3.51. The smallest absolute Gasteiger partial charge is 0.114 e. The molecule has 0 aromatic carbocycles. The van der Waals surface area contributed by atoms with Crippen molar-refractivity contribution in [3.8, 4) is 0 Å². The Morgan fingerprint density at radius 1 is 1.24 bits per heavy atom. The first kappa shape index (κ1) is 11.5. The Hall–Kier alpha value is -0.640. The van der Waals surface area contributed by atoms with Crippen molar-refractivity contribution in [3.63, 3.8) is 0 Å². The van der Waals surface area contributed by atoms with Crippen LogP contribution in [-0.4, -0.2) is 5.11 Å². The van der Waals surface area contributed by atoms with Gasteiger partial charge >= 0.3 is 0 Å². The predicted molar refractivity (Wildman–Crippen MR) is 74.1 cm³/mol. The van der Waals surface area contributed by atoms with Crippen LogP contribution in [-0.2, 0) is 12.8 Å². The highest BCUT2D eigenvalue weighted by molar-refractivity contribution is 7.12. The number of hydrogen-bond acceptors (Lipinski definition) is 3. The molecule has 1 N–H and O–H groups in total. The van der Waals surface area contributed by atoms with Gasteiger partial charge in [-0.2, -0.15) is 0 Å². The van der Waals surface area contributed by atoms with Gasteiger partial charge in [0.05, 0.1) is 0 Å². The van der Waals surface area contributed by atoms with Crippen LogP contribution in [0.2, 0.25) is 0 Å². The molecule has 0 saturated carbocycles. The van der Waals surface area contributed by atoms with Gasteiger partial charge in [0.25, 0.3) is 0 Å². The fraction of sp³-hybridized carbons (Fsp3) is 0.429. The van der Waals surface area contributed by atoms with E-state index in [1.54, 1.807) is 22.7 Å². The van der Waals surface area contributed by atoms with Crippen LogP contribution in [0.3, 0.4) is 0 Å². The van der Waals surface area contributed by atoms with Gasteiger partial charge in [0.1, 0.15) is 6.10 Å². The van der Waals surface area contributed by atoms with E-state index in [1.807, 2.05) is 0 Å². The lowest BCUT2D eigenvalue weighted by molar-refractivity contribution is 0.224. The van der Waals surface area contributed by atoms with Crippen molar-refractivity contribution >= 4 is 22.7 Å². The van der Waals surface area contributed by atoms with Gasteiger partial charge in [-0.25, -0.2) is 0 Å². The standard InChI is InChI=1S/C14H16OS2/c1-9-6-11(8-16-9)14(15)13-7-10-4-2-3-5-12(10)17-13/h6-8,14-15H,2-5H2,1H3. The number of aliphatic hydroxyl groups is 1. The maximum Gasteiger partial charge on any atom is 0.114 e. The molecule has 0 aliphatic heterocycles. The summed E-state index contributed by atoms with van der Waals surface area (Å²) in [7, 11) is 0. The molecule has 3 rings (SSSR count). The van der Waals surface area contributed by atoms with Crippen LogP contribution in [0.15, 0.2) is 17.5 Å². The molecule has 90 valence electrons. The summed E-state index contributed by atoms with van der Waals surface area (Å²) in [6, 6.07) is 4.31. The van der Waals surface area contributed by atoms with E-state index in [2.05, 4.69) is 24.4 Å². The highest BCUT2D eigenvalue weighted by Crippen LogP contribution is 2.36. The number of aryl methyl sites for hydroxylation is 3. The van der Waals surface area contributed by atoms with Crippen LogP contribution in [0, 0.1) is 6.92 Å². The van der Waals surface area contributed by atoms with E-state index in [1.165, 1.54) is 41.0 Å². The molecule has 2 heterocycles. The first-order valence-corrected chi connectivity index (χ1v) is 7.78. The first-order valence-electron chi connectivity index (χ1n) is 6.08. The predicted octanol–water partition coefficient (Wildman–Crippen LogP) is 4.08. The molecule has 0 saturated heterocycles. The third-order valence-electron chi connectivity index (χ3n) is 3.35. The van der Waals surface area contributed by atoms with Gasteiger partial charge in [-0.3, -0.25) is 0 Å². The van der Waals surface area contributed by atoms with E-state index in [-0.39, 0.29) is 0 Å². The van der Waals surface area contributed by atoms with Crippen molar-refractivity contribution in [2.75, 3.05) is 0 Å². The molecule has 1 aliphatic rings. The second-order valence-corrected chi connectivity index (χ2v) is 6.98. The molecule has 2 aromatic heterocycles. The van der Waals surface area contributed by atoms with Crippen LogP contribution in [0.5, 0.6) is 0 Å². The van der Waals surface area contributed by atoms with Gasteiger partial charge < -0.3 is 5.11 Å². The summed E-state index contributed by atoms with van der Waals surface area (Å²) in [6.07, 6.45) is 4.59. The summed E-state index contributed by atoms with van der Waals surface area (Å²) in [5.74, 6) is 0. The minimum Gasteiger partial charge on any atom is -0.383 e. The van der Waals surface area contributed by atoms with Crippen molar-refractivity contribution in [2.45, 2.75) is 38.7 Å². The molecule has 0 bridgehead atoms. The Labute approximate surface area is 110 Å². The molecule has 3 heteroatoms. The van der Waals surface area contributed by atoms with E-state index >= 15 is 0 Å². The molecule has 0 fully saturated rings.